The zero-order chi connectivity index (χ0) is 19.5. The molecule has 2 heterocycles. The maximum atomic E-state index is 12.2. The minimum atomic E-state index is -0.520. The second-order valence-electron chi connectivity index (χ2n) is 7.03. The molecule has 6 N–H and O–H groups in total. The minimum Gasteiger partial charge on any atom is -0.484 e. The number of primary amides is 1. The molecule has 2 saturated heterocycles. The van der Waals surface area contributed by atoms with Crippen molar-refractivity contribution < 1.29 is 14.3 Å². The number of amides is 2. The first-order chi connectivity index (χ1) is 13.6. The molecule has 2 amide bonds. The van der Waals surface area contributed by atoms with Crippen LogP contribution in [0.3, 0.4) is 0 Å². The van der Waals surface area contributed by atoms with Gasteiger partial charge in [0.2, 0.25) is 5.91 Å². The number of hydrogen-bond acceptors (Lipinski definition) is 6. The third-order valence-electron chi connectivity index (χ3n) is 5.14. The van der Waals surface area contributed by atoms with Gasteiger partial charge in [0.15, 0.2) is 6.61 Å². The lowest BCUT2D eigenvalue weighted by atomic mass is 9.78. The molecule has 8 heteroatoms. The second kappa shape index (κ2) is 7.87. The van der Waals surface area contributed by atoms with Gasteiger partial charge in [-0.3, -0.25) is 9.59 Å². The fourth-order valence-corrected chi connectivity index (χ4v) is 3.88. The summed E-state index contributed by atoms with van der Waals surface area (Å²) in [6.45, 7) is -0.160. The first kappa shape index (κ1) is 18.3. The highest BCUT2D eigenvalue weighted by Crippen LogP contribution is 2.38. The number of ether oxygens (including phenoxy) is 1. The maximum absolute atomic E-state index is 12.2. The summed E-state index contributed by atoms with van der Waals surface area (Å²) in [7, 11) is 0. The zero-order valence-corrected chi connectivity index (χ0v) is 15.2. The van der Waals surface area contributed by atoms with Gasteiger partial charge < -0.3 is 21.1 Å². The topological polar surface area (TPSA) is 118 Å². The highest BCUT2D eigenvalue weighted by Gasteiger charge is 2.46. The number of nitrogens with one attached hydrogen (secondary N) is 4. The number of rotatable bonds is 6. The van der Waals surface area contributed by atoms with E-state index in [0.717, 1.165) is 11.3 Å². The van der Waals surface area contributed by atoms with Crippen molar-refractivity contribution in [3.8, 4) is 5.75 Å². The third kappa shape index (κ3) is 3.92. The molecule has 4 atom stereocenters. The van der Waals surface area contributed by atoms with Crippen LogP contribution in [0.5, 0.6) is 5.75 Å². The number of benzene rings is 2. The highest BCUT2D eigenvalue weighted by atomic mass is 16.5. The van der Waals surface area contributed by atoms with E-state index in [4.69, 9.17) is 10.5 Å². The SMILES string of the molecule is NC(=O)COc1ccc(C2CC(=O)NC3NNC(Nc4ccccc4)C32)cc1. The lowest BCUT2D eigenvalue weighted by molar-refractivity contribution is -0.125. The van der Waals surface area contributed by atoms with Gasteiger partial charge in [-0.1, -0.05) is 30.3 Å². The average Bonchev–Trinajstić information content (AvgIpc) is 3.09. The number of anilines is 1. The van der Waals surface area contributed by atoms with Crippen LogP contribution in [0.2, 0.25) is 0 Å². The van der Waals surface area contributed by atoms with E-state index >= 15 is 0 Å². The van der Waals surface area contributed by atoms with E-state index < -0.39 is 5.91 Å². The number of hydrazine groups is 1. The number of nitrogens with two attached hydrogens (primary N) is 1. The minimum absolute atomic E-state index is 0.00923. The predicted octanol–water partition coefficient (Wildman–Crippen LogP) is 0.643. The van der Waals surface area contributed by atoms with Gasteiger partial charge in [-0.2, -0.15) is 0 Å². The summed E-state index contributed by atoms with van der Waals surface area (Å²) in [5.74, 6) is 0.188. The van der Waals surface area contributed by atoms with Crippen molar-refractivity contribution in [2.24, 2.45) is 11.7 Å². The van der Waals surface area contributed by atoms with E-state index in [9.17, 15) is 9.59 Å². The molecule has 0 radical (unpaired) electrons. The van der Waals surface area contributed by atoms with Crippen molar-refractivity contribution in [3.05, 3.63) is 60.2 Å². The molecule has 2 aliphatic rings. The summed E-state index contributed by atoms with van der Waals surface area (Å²) in [6, 6.07) is 17.4. The Labute approximate surface area is 162 Å². The molecule has 8 nitrogen and oxygen atoms in total. The van der Waals surface area contributed by atoms with Crippen LogP contribution in [0.1, 0.15) is 17.9 Å². The van der Waals surface area contributed by atoms with Crippen LogP contribution in [0.25, 0.3) is 0 Å². The van der Waals surface area contributed by atoms with Crippen LogP contribution in [0.4, 0.5) is 5.69 Å². The Hall–Kier alpha value is -3.10. The van der Waals surface area contributed by atoms with E-state index in [0.29, 0.717) is 12.2 Å². The largest absolute Gasteiger partial charge is 0.484 e. The van der Waals surface area contributed by atoms with Crippen LogP contribution in [-0.2, 0) is 9.59 Å². The van der Waals surface area contributed by atoms with Gasteiger partial charge in [-0.05, 0) is 29.8 Å². The van der Waals surface area contributed by atoms with E-state index in [1.165, 1.54) is 0 Å². The van der Waals surface area contributed by atoms with Gasteiger partial charge in [0, 0.05) is 23.9 Å². The van der Waals surface area contributed by atoms with Crippen LogP contribution in [0.15, 0.2) is 54.6 Å². The van der Waals surface area contributed by atoms with Crippen molar-refractivity contribution in [1.82, 2.24) is 16.2 Å². The number of fused-ring (bicyclic) bond motifs is 1. The van der Waals surface area contributed by atoms with Gasteiger partial charge in [0.05, 0.1) is 12.3 Å². The Balaban J connectivity index is 1.53. The number of carbonyl (C=O) groups is 2. The van der Waals surface area contributed by atoms with Crippen LogP contribution < -0.4 is 32.0 Å². The number of carbonyl (C=O) groups excluding carboxylic acids is 2. The Morgan fingerprint density at radius 3 is 2.57 bits per heavy atom. The fraction of sp³-hybridized carbons (Fsp3) is 0.300. The Bertz CT molecular complexity index is 843. The molecule has 0 bridgehead atoms. The summed E-state index contributed by atoms with van der Waals surface area (Å²) in [5, 5.41) is 6.51. The molecule has 0 spiro atoms. The highest BCUT2D eigenvalue weighted by molar-refractivity contribution is 5.78. The van der Waals surface area contributed by atoms with Crippen molar-refractivity contribution in [1.29, 1.82) is 0 Å². The summed E-state index contributed by atoms with van der Waals surface area (Å²) in [4.78, 5) is 23.1. The van der Waals surface area contributed by atoms with Crippen LogP contribution >= 0.6 is 0 Å². The van der Waals surface area contributed by atoms with Gasteiger partial charge in [-0.15, -0.1) is 0 Å². The summed E-state index contributed by atoms with van der Waals surface area (Å²) >= 11 is 0. The molecule has 4 unspecified atom stereocenters. The molecule has 0 aromatic heterocycles. The normalized spacial score (nSPS) is 26.2. The van der Waals surface area contributed by atoms with E-state index in [1.54, 1.807) is 12.1 Å². The van der Waals surface area contributed by atoms with E-state index in [-0.39, 0.29) is 36.7 Å². The van der Waals surface area contributed by atoms with Gasteiger partial charge >= 0.3 is 0 Å². The lowest BCUT2D eigenvalue weighted by Crippen LogP contribution is -2.53. The first-order valence-corrected chi connectivity index (χ1v) is 9.23. The van der Waals surface area contributed by atoms with E-state index in [2.05, 4.69) is 21.5 Å². The van der Waals surface area contributed by atoms with Gasteiger partial charge in [0.25, 0.3) is 5.91 Å². The number of piperidine rings is 1. The van der Waals surface area contributed by atoms with Crippen molar-refractivity contribution in [2.45, 2.75) is 24.7 Å². The van der Waals surface area contributed by atoms with Crippen molar-refractivity contribution in [2.75, 3.05) is 11.9 Å². The molecular weight excluding hydrogens is 358 g/mol. The predicted molar refractivity (Wildman–Crippen MR) is 104 cm³/mol. The average molecular weight is 381 g/mol. The smallest absolute Gasteiger partial charge is 0.255 e. The molecule has 4 rings (SSSR count). The van der Waals surface area contributed by atoms with Crippen LogP contribution in [-0.4, -0.2) is 30.8 Å². The molecule has 2 aliphatic heterocycles. The summed E-state index contributed by atoms with van der Waals surface area (Å²) in [5.41, 5.74) is 13.6. The molecule has 0 aliphatic carbocycles. The summed E-state index contributed by atoms with van der Waals surface area (Å²) in [6.07, 6.45) is 0.181. The molecule has 28 heavy (non-hydrogen) atoms. The van der Waals surface area contributed by atoms with Gasteiger partial charge in [-0.25, -0.2) is 10.9 Å². The molecule has 146 valence electrons. The first-order valence-electron chi connectivity index (χ1n) is 9.23. The lowest BCUT2D eigenvalue weighted by Gasteiger charge is -2.36. The second-order valence-corrected chi connectivity index (χ2v) is 7.03. The molecular formula is C20H23N5O3. The van der Waals surface area contributed by atoms with Crippen molar-refractivity contribution in [3.63, 3.8) is 0 Å². The maximum Gasteiger partial charge on any atom is 0.255 e. The molecule has 2 fully saturated rings. The van der Waals surface area contributed by atoms with E-state index in [1.807, 2.05) is 42.5 Å². The standard InChI is InChI=1S/C20H23N5O3/c21-16(26)11-28-14-8-6-12(7-9-14)15-10-17(27)23-20-18(15)19(24-25-20)22-13-4-2-1-3-5-13/h1-9,15,18-20,22,24-25H,10-11H2,(H2,21,26)(H,23,27). The molecule has 2 aromatic carbocycles. The Morgan fingerprint density at radius 1 is 1.11 bits per heavy atom. The van der Waals surface area contributed by atoms with Crippen molar-refractivity contribution >= 4 is 17.5 Å². The molecule has 0 saturated carbocycles. The van der Waals surface area contributed by atoms with Gasteiger partial charge in [0.1, 0.15) is 5.75 Å². The third-order valence-corrected chi connectivity index (χ3v) is 5.14. The Kier molecular flexibility index (Phi) is 5.14. The number of hydrogen-bond donors (Lipinski definition) is 5. The fourth-order valence-electron chi connectivity index (χ4n) is 3.88. The van der Waals surface area contributed by atoms with Crippen LogP contribution in [0, 0.1) is 5.92 Å². The quantitative estimate of drug-likeness (QED) is 0.501. The number of para-hydroxylation sites is 1. The zero-order valence-electron chi connectivity index (χ0n) is 15.2. The Morgan fingerprint density at radius 2 is 1.86 bits per heavy atom. The monoisotopic (exact) mass is 381 g/mol. The molecule has 2 aromatic rings. The summed E-state index contributed by atoms with van der Waals surface area (Å²) < 4.78 is 5.33.